The molecule has 4 N–H and O–H groups in total. The van der Waals surface area contributed by atoms with Crippen molar-refractivity contribution >= 4 is 30.1 Å². The highest BCUT2D eigenvalue weighted by Crippen LogP contribution is 2.59. The van der Waals surface area contributed by atoms with E-state index >= 15 is 0 Å². The van der Waals surface area contributed by atoms with Gasteiger partial charge >= 0.3 is 7.12 Å². The minimum Gasteiger partial charge on any atom is -0.508 e. The summed E-state index contributed by atoms with van der Waals surface area (Å²) in [6, 6.07) is 21.8. The molecule has 200 valence electrons. The summed E-state index contributed by atoms with van der Waals surface area (Å²) in [5.74, 6) is -4.98. The molecule has 0 spiro atoms. The number of amides is 2. The lowest BCUT2D eigenvalue weighted by Crippen LogP contribution is -2.55. The van der Waals surface area contributed by atoms with Gasteiger partial charge in [-0.2, -0.15) is 0 Å². The SMILES string of the molecule is O=C1[C@H]2[C@H](C[C@H](COc3ccccc3)[C@@]3(O)O[C@H](c4ccccc4O)C[C@@H]23)C(=O)N1c1cccc(B(O)O)c1. The van der Waals surface area contributed by atoms with Gasteiger partial charge in [-0.15, -0.1) is 0 Å². The molecule has 0 aromatic heterocycles. The average Bonchev–Trinajstić information content (AvgIpc) is 3.41. The zero-order valence-corrected chi connectivity index (χ0v) is 21.0. The Morgan fingerprint density at radius 1 is 0.949 bits per heavy atom. The highest BCUT2D eigenvalue weighted by atomic mass is 16.6. The smallest absolute Gasteiger partial charge is 0.488 e. The Balaban J connectivity index is 1.37. The van der Waals surface area contributed by atoms with Crippen LogP contribution in [-0.4, -0.2) is 51.6 Å². The van der Waals surface area contributed by atoms with E-state index in [0.29, 0.717) is 11.3 Å². The molecule has 2 aliphatic heterocycles. The molecule has 3 aliphatic rings. The minimum atomic E-state index is -1.78. The van der Waals surface area contributed by atoms with Crippen LogP contribution < -0.4 is 15.1 Å². The normalized spacial score (nSPS) is 29.7. The molecule has 3 fully saturated rings. The molecule has 1 aliphatic carbocycles. The summed E-state index contributed by atoms with van der Waals surface area (Å²) in [5.41, 5.74) is 0.886. The fraction of sp³-hybridized carbons (Fsp3) is 0.310. The Morgan fingerprint density at radius 2 is 1.69 bits per heavy atom. The number of nitrogens with zero attached hydrogens (tertiary/aromatic N) is 1. The number of imide groups is 1. The monoisotopic (exact) mass is 529 g/mol. The van der Waals surface area contributed by atoms with Crippen molar-refractivity contribution in [2.45, 2.75) is 24.7 Å². The van der Waals surface area contributed by atoms with Crippen molar-refractivity contribution in [3.8, 4) is 11.5 Å². The van der Waals surface area contributed by atoms with Crippen molar-refractivity contribution in [1.29, 1.82) is 0 Å². The molecule has 6 rings (SSSR count). The lowest BCUT2D eigenvalue weighted by molar-refractivity contribution is -0.272. The number of carbonyl (C=O) groups excluding carboxylic acids is 2. The number of phenols is 1. The molecule has 0 unspecified atom stereocenters. The molecule has 39 heavy (non-hydrogen) atoms. The number of carbonyl (C=O) groups is 2. The van der Waals surface area contributed by atoms with E-state index in [-0.39, 0.29) is 36.3 Å². The Hall–Kier alpha value is -3.70. The van der Waals surface area contributed by atoms with E-state index in [2.05, 4.69) is 0 Å². The lowest BCUT2D eigenvalue weighted by Gasteiger charge is -2.44. The van der Waals surface area contributed by atoms with E-state index in [4.69, 9.17) is 9.47 Å². The van der Waals surface area contributed by atoms with Crippen molar-refractivity contribution in [1.82, 2.24) is 0 Å². The number of hydrogen-bond donors (Lipinski definition) is 4. The summed E-state index contributed by atoms with van der Waals surface area (Å²) in [6.07, 6.45) is -0.315. The second-order valence-corrected chi connectivity index (χ2v) is 10.4. The number of ether oxygens (including phenoxy) is 2. The summed E-state index contributed by atoms with van der Waals surface area (Å²) in [7, 11) is -1.76. The maximum atomic E-state index is 13.8. The van der Waals surface area contributed by atoms with Gasteiger partial charge in [-0.1, -0.05) is 48.5 Å². The highest BCUT2D eigenvalue weighted by Gasteiger charge is 2.67. The van der Waals surface area contributed by atoms with Gasteiger partial charge in [0.15, 0.2) is 5.79 Å². The third-order valence-electron chi connectivity index (χ3n) is 8.27. The number of hydrogen-bond acceptors (Lipinski definition) is 8. The van der Waals surface area contributed by atoms with E-state index in [9.17, 15) is 29.9 Å². The first kappa shape index (κ1) is 25.6. The van der Waals surface area contributed by atoms with Gasteiger partial charge < -0.3 is 29.7 Å². The Morgan fingerprint density at radius 3 is 2.44 bits per heavy atom. The fourth-order valence-corrected chi connectivity index (χ4v) is 6.42. The van der Waals surface area contributed by atoms with Gasteiger partial charge in [-0.05, 0) is 48.6 Å². The molecule has 2 heterocycles. The van der Waals surface area contributed by atoms with E-state index in [1.807, 2.05) is 18.2 Å². The topological polar surface area (TPSA) is 137 Å². The second kappa shape index (κ2) is 9.80. The van der Waals surface area contributed by atoms with Crippen LogP contribution in [0.1, 0.15) is 24.5 Å². The van der Waals surface area contributed by atoms with Gasteiger partial charge in [0.2, 0.25) is 11.8 Å². The molecule has 2 amide bonds. The third-order valence-corrected chi connectivity index (χ3v) is 8.27. The molecular formula is C29H28BNO8. The Kier molecular flexibility index (Phi) is 6.43. The highest BCUT2D eigenvalue weighted by molar-refractivity contribution is 6.58. The molecule has 9 nitrogen and oxygen atoms in total. The first-order chi connectivity index (χ1) is 18.8. The number of rotatable bonds is 6. The zero-order chi connectivity index (χ0) is 27.3. The molecular weight excluding hydrogens is 501 g/mol. The van der Waals surface area contributed by atoms with Gasteiger partial charge in [-0.3, -0.25) is 14.5 Å². The van der Waals surface area contributed by atoms with Gasteiger partial charge in [0, 0.05) is 17.4 Å². The number of aliphatic hydroxyl groups is 1. The standard InChI is InChI=1S/C29H28BNO8/c32-24-12-5-4-11-21(24)25-15-23-26-22(13-17(29(23,35)39-25)16-38-20-9-2-1-3-10-20)27(33)31(28(26)34)19-8-6-7-18(14-19)30(36)37/h1-12,14,17,22-23,25-26,32,35-37H,13,15-16H2/t17-,22+,23+,25+,26+,29-/m1/s1. The van der Waals surface area contributed by atoms with Crippen LogP contribution in [-0.2, 0) is 14.3 Å². The van der Waals surface area contributed by atoms with E-state index in [1.165, 1.54) is 18.2 Å². The van der Waals surface area contributed by atoms with Crippen molar-refractivity contribution < 1.29 is 39.3 Å². The first-order valence-corrected chi connectivity index (χ1v) is 13.0. The third kappa shape index (κ3) is 4.29. The second-order valence-electron chi connectivity index (χ2n) is 10.4. The number of benzene rings is 3. The van der Waals surface area contributed by atoms with Crippen molar-refractivity contribution in [3.05, 3.63) is 84.4 Å². The van der Waals surface area contributed by atoms with Crippen LogP contribution in [0.4, 0.5) is 5.69 Å². The average molecular weight is 529 g/mol. The number of para-hydroxylation sites is 2. The van der Waals surface area contributed by atoms with Crippen LogP contribution >= 0.6 is 0 Å². The largest absolute Gasteiger partial charge is 0.508 e. The zero-order valence-electron chi connectivity index (χ0n) is 21.0. The maximum Gasteiger partial charge on any atom is 0.488 e. The van der Waals surface area contributed by atoms with Crippen LogP contribution in [0.2, 0.25) is 0 Å². The van der Waals surface area contributed by atoms with Crippen LogP contribution in [0.15, 0.2) is 78.9 Å². The molecule has 3 aromatic rings. The number of aromatic hydroxyl groups is 1. The molecule has 10 heteroatoms. The van der Waals surface area contributed by atoms with Crippen LogP contribution in [0.25, 0.3) is 0 Å². The summed E-state index contributed by atoms with van der Waals surface area (Å²) in [6.45, 7) is 0.0569. The Labute approximate surface area is 225 Å². The molecule has 2 saturated heterocycles. The summed E-state index contributed by atoms with van der Waals surface area (Å²) in [4.78, 5) is 28.7. The van der Waals surface area contributed by atoms with Crippen LogP contribution in [0.3, 0.4) is 0 Å². The van der Waals surface area contributed by atoms with Crippen LogP contribution in [0, 0.1) is 23.7 Å². The summed E-state index contributed by atoms with van der Waals surface area (Å²) in [5, 5.41) is 41.8. The maximum absolute atomic E-state index is 13.8. The number of anilines is 1. The van der Waals surface area contributed by atoms with Gasteiger partial charge in [0.05, 0.1) is 30.2 Å². The predicted molar refractivity (Wildman–Crippen MR) is 141 cm³/mol. The molecule has 0 bridgehead atoms. The molecule has 6 atom stereocenters. The number of fused-ring (bicyclic) bond motifs is 3. The number of phenolic OH excluding ortho intramolecular Hbond substituents is 1. The van der Waals surface area contributed by atoms with Crippen LogP contribution in [0.5, 0.6) is 11.5 Å². The molecule has 0 radical (unpaired) electrons. The lowest BCUT2D eigenvalue weighted by atomic mass is 9.64. The molecule has 3 aromatic carbocycles. The fourth-order valence-electron chi connectivity index (χ4n) is 6.42. The summed E-state index contributed by atoms with van der Waals surface area (Å²) < 4.78 is 12.3. The van der Waals surface area contributed by atoms with Crippen molar-refractivity contribution in [3.63, 3.8) is 0 Å². The van der Waals surface area contributed by atoms with Gasteiger partial charge in [-0.25, -0.2) is 0 Å². The van der Waals surface area contributed by atoms with E-state index in [0.717, 1.165) is 4.90 Å². The predicted octanol–water partition coefficient (Wildman–Crippen LogP) is 1.74. The summed E-state index contributed by atoms with van der Waals surface area (Å²) >= 11 is 0. The van der Waals surface area contributed by atoms with Gasteiger partial charge in [0.25, 0.3) is 0 Å². The van der Waals surface area contributed by atoms with Crippen molar-refractivity contribution in [2.75, 3.05) is 11.5 Å². The Bertz CT molecular complexity index is 1400. The minimum absolute atomic E-state index is 0.0215. The van der Waals surface area contributed by atoms with E-state index < -0.39 is 54.5 Å². The molecule has 1 saturated carbocycles. The van der Waals surface area contributed by atoms with Crippen molar-refractivity contribution in [2.24, 2.45) is 23.7 Å². The van der Waals surface area contributed by atoms with Gasteiger partial charge in [0.1, 0.15) is 11.5 Å². The van der Waals surface area contributed by atoms with E-state index in [1.54, 1.807) is 42.5 Å². The first-order valence-electron chi connectivity index (χ1n) is 13.0. The quantitative estimate of drug-likeness (QED) is 0.280.